The van der Waals surface area contributed by atoms with Gasteiger partial charge in [-0.05, 0) is 46.6 Å². The highest BCUT2D eigenvalue weighted by molar-refractivity contribution is 9.10. The fourth-order valence-corrected chi connectivity index (χ4v) is 2.13. The Labute approximate surface area is 123 Å². The monoisotopic (exact) mass is 338 g/mol. The Balaban J connectivity index is 2.34. The van der Waals surface area contributed by atoms with E-state index in [1.807, 2.05) is 13.0 Å². The zero-order valence-corrected chi connectivity index (χ0v) is 12.4. The van der Waals surface area contributed by atoms with Crippen molar-refractivity contribution in [3.8, 4) is 17.4 Å². The van der Waals surface area contributed by atoms with E-state index in [1.54, 1.807) is 12.3 Å². The van der Waals surface area contributed by atoms with Crippen LogP contribution in [0.25, 0.3) is 0 Å². The number of halogens is 1. The first kappa shape index (κ1) is 14.3. The van der Waals surface area contributed by atoms with E-state index in [-0.39, 0.29) is 11.4 Å². The summed E-state index contributed by atoms with van der Waals surface area (Å²) in [7, 11) is 1.38. The SMILES string of the molecule is COc1ccc(Oc2ncc(C)cc2Br)cc1[N+](=O)[O-]. The van der Waals surface area contributed by atoms with Crippen LogP contribution in [0.15, 0.2) is 34.9 Å². The molecule has 1 aromatic heterocycles. The Hall–Kier alpha value is -2.15. The summed E-state index contributed by atoms with van der Waals surface area (Å²) in [6, 6.07) is 6.21. The Bertz CT molecular complexity index is 661. The van der Waals surface area contributed by atoms with Crippen molar-refractivity contribution in [1.29, 1.82) is 0 Å². The second-order valence-electron chi connectivity index (χ2n) is 3.99. The first-order valence-corrected chi connectivity index (χ1v) is 6.43. The minimum atomic E-state index is -0.524. The van der Waals surface area contributed by atoms with Gasteiger partial charge in [-0.15, -0.1) is 0 Å². The summed E-state index contributed by atoms with van der Waals surface area (Å²) in [4.78, 5) is 14.5. The average Bonchev–Trinajstić information content (AvgIpc) is 2.41. The van der Waals surface area contributed by atoms with Gasteiger partial charge < -0.3 is 9.47 Å². The number of nitro groups is 1. The summed E-state index contributed by atoms with van der Waals surface area (Å²) in [5.74, 6) is 0.836. The van der Waals surface area contributed by atoms with Crippen LogP contribution in [0, 0.1) is 17.0 Å². The lowest BCUT2D eigenvalue weighted by Gasteiger charge is -2.08. The molecule has 0 unspecified atom stereocenters. The molecule has 6 nitrogen and oxygen atoms in total. The maximum Gasteiger partial charge on any atom is 0.314 e. The van der Waals surface area contributed by atoms with Gasteiger partial charge in [0.25, 0.3) is 0 Å². The van der Waals surface area contributed by atoms with Crippen molar-refractivity contribution in [3.05, 3.63) is 50.6 Å². The van der Waals surface area contributed by atoms with Gasteiger partial charge in [-0.2, -0.15) is 0 Å². The lowest BCUT2D eigenvalue weighted by Crippen LogP contribution is -1.95. The fraction of sp³-hybridized carbons (Fsp3) is 0.154. The van der Waals surface area contributed by atoms with E-state index >= 15 is 0 Å². The lowest BCUT2D eigenvalue weighted by atomic mass is 10.3. The van der Waals surface area contributed by atoms with Gasteiger partial charge in [-0.1, -0.05) is 0 Å². The van der Waals surface area contributed by atoms with Crippen molar-refractivity contribution in [1.82, 2.24) is 4.98 Å². The van der Waals surface area contributed by atoms with Crippen LogP contribution in [0.5, 0.6) is 17.4 Å². The standard InChI is InChI=1S/C13H11BrN2O4/c1-8-5-10(14)13(15-7-8)20-9-3-4-12(19-2)11(6-9)16(17)18/h3-7H,1-2H3. The first-order valence-electron chi connectivity index (χ1n) is 5.63. The topological polar surface area (TPSA) is 74.5 Å². The highest BCUT2D eigenvalue weighted by atomic mass is 79.9. The fourth-order valence-electron chi connectivity index (χ4n) is 1.58. The van der Waals surface area contributed by atoms with Crippen molar-refractivity contribution < 1.29 is 14.4 Å². The maximum atomic E-state index is 10.9. The van der Waals surface area contributed by atoms with Gasteiger partial charge in [0, 0.05) is 6.20 Å². The molecule has 1 aromatic carbocycles. The second kappa shape index (κ2) is 5.87. The molecule has 0 N–H and O–H groups in total. The molecule has 0 aliphatic rings. The van der Waals surface area contributed by atoms with E-state index in [4.69, 9.17) is 9.47 Å². The molecule has 0 aliphatic heterocycles. The van der Waals surface area contributed by atoms with E-state index in [0.29, 0.717) is 16.1 Å². The van der Waals surface area contributed by atoms with Crippen molar-refractivity contribution in [2.24, 2.45) is 0 Å². The van der Waals surface area contributed by atoms with Crippen LogP contribution in [-0.2, 0) is 0 Å². The van der Waals surface area contributed by atoms with Gasteiger partial charge in [0.1, 0.15) is 5.75 Å². The molecule has 0 atom stereocenters. The number of ether oxygens (including phenoxy) is 2. The van der Waals surface area contributed by atoms with E-state index in [2.05, 4.69) is 20.9 Å². The number of hydrogen-bond acceptors (Lipinski definition) is 5. The molecule has 0 radical (unpaired) electrons. The van der Waals surface area contributed by atoms with Crippen molar-refractivity contribution >= 4 is 21.6 Å². The third-order valence-corrected chi connectivity index (χ3v) is 3.07. The number of pyridine rings is 1. The van der Waals surface area contributed by atoms with Gasteiger partial charge in [0.2, 0.25) is 5.88 Å². The van der Waals surface area contributed by atoms with Gasteiger partial charge in [-0.3, -0.25) is 10.1 Å². The molecule has 0 spiro atoms. The molecule has 7 heteroatoms. The molecule has 0 fully saturated rings. The van der Waals surface area contributed by atoms with E-state index < -0.39 is 4.92 Å². The number of hydrogen-bond donors (Lipinski definition) is 0. The largest absolute Gasteiger partial charge is 0.490 e. The van der Waals surface area contributed by atoms with Crippen molar-refractivity contribution in [3.63, 3.8) is 0 Å². The Kier molecular flexibility index (Phi) is 4.19. The Morgan fingerprint density at radius 2 is 2.10 bits per heavy atom. The number of nitro benzene ring substituents is 1. The van der Waals surface area contributed by atoms with Gasteiger partial charge >= 0.3 is 5.69 Å². The van der Waals surface area contributed by atoms with Gasteiger partial charge in [0.15, 0.2) is 5.75 Å². The highest BCUT2D eigenvalue weighted by Gasteiger charge is 2.16. The quantitative estimate of drug-likeness (QED) is 0.625. The molecule has 1 heterocycles. The molecule has 104 valence electrons. The van der Waals surface area contributed by atoms with E-state index in [9.17, 15) is 10.1 Å². The zero-order chi connectivity index (χ0) is 14.7. The molecule has 0 bridgehead atoms. The van der Waals surface area contributed by atoms with Crippen LogP contribution in [0.4, 0.5) is 5.69 Å². The minimum Gasteiger partial charge on any atom is -0.490 e. The number of aromatic nitrogens is 1. The molecule has 0 saturated carbocycles. The van der Waals surface area contributed by atoms with Gasteiger partial charge in [0.05, 0.1) is 22.6 Å². The highest BCUT2D eigenvalue weighted by Crippen LogP contribution is 2.34. The summed E-state index contributed by atoms with van der Waals surface area (Å²) in [5, 5.41) is 10.9. The zero-order valence-electron chi connectivity index (χ0n) is 10.8. The van der Waals surface area contributed by atoms with E-state index in [1.165, 1.54) is 19.2 Å². The molecule has 0 amide bonds. The first-order chi connectivity index (χ1) is 9.51. The molecule has 20 heavy (non-hydrogen) atoms. The van der Waals surface area contributed by atoms with Gasteiger partial charge in [-0.25, -0.2) is 4.98 Å². The molecule has 0 aliphatic carbocycles. The third kappa shape index (κ3) is 3.05. The Morgan fingerprint density at radius 1 is 1.35 bits per heavy atom. The summed E-state index contributed by atoms with van der Waals surface area (Å²) < 4.78 is 11.1. The number of nitrogens with zero attached hydrogens (tertiary/aromatic N) is 2. The molecule has 0 saturated heterocycles. The molecule has 2 rings (SSSR count). The Morgan fingerprint density at radius 3 is 2.70 bits per heavy atom. The summed E-state index contributed by atoms with van der Waals surface area (Å²) >= 11 is 3.33. The van der Waals surface area contributed by atoms with E-state index in [0.717, 1.165) is 5.56 Å². The molecule has 2 aromatic rings. The predicted octanol–water partition coefficient (Wildman–Crippen LogP) is 3.86. The summed E-state index contributed by atoms with van der Waals surface area (Å²) in [5.41, 5.74) is 0.818. The number of rotatable bonds is 4. The normalized spacial score (nSPS) is 10.2. The van der Waals surface area contributed by atoms with Crippen molar-refractivity contribution in [2.75, 3.05) is 7.11 Å². The average molecular weight is 339 g/mol. The van der Waals surface area contributed by atoms with Crippen LogP contribution in [0.2, 0.25) is 0 Å². The number of aryl methyl sites for hydroxylation is 1. The summed E-state index contributed by atoms with van der Waals surface area (Å²) in [6.07, 6.45) is 1.65. The van der Waals surface area contributed by atoms with Crippen LogP contribution < -0.4 is 9.47 Å². The second-order valence-corrected chi connectivity index (χ2v) is 4.85. The summed E-state index contributed by atoms with van der Waals surface area (Å²) in [6.45, 7) is 1.90. The van der Waals surface area contributed by atoms with Crippen LogP contribution in [0.3, 0.4) is 0 Å². The predicted molar refractivity (Wildman–Crippen MR) is 76.4 cm³/mol. The minimum absolute atomic E-state index is 0.159. The smallest absolute Gasteiger partial charge is 0.314 e. The molecular weight excluding hydrogens is 328 g/mol. The van der Waals surface area contributed by atoms with Crippen LogP contribution in [-0.4, -0.2) is 17.0 Å². The van der Waals surface area contributed by atoms with Crippen LogP contribution in [0.1, 0.15) is 5.56 Å². The maximum absolute atomic E-state index is 10.9. The number of benzene rings is 1. The number of methoxy groups -OCH3 is 1. The third-order valence-electron chi connectivity index (χ3n) is 2.51. The van der Waals surface area contributed by atoms with Crippen LogP contribution >= 0.6 is 15.9 Å². The lowest BCUT2D eigenvalue weighted by molar-refractivity contribution is -0.385. The molecular formula is C13H11BrN2O4. The van der Waals surface area contributed by atoms with Crippen molar-refractivity contribution in [2.45, 2.75) is 6.92 Å².